The largest absolute Gasteiger partial charge is 0.395 e. The van der Waals surface area contributed by atoms with Gasteiger partial charge in [-0.1, -0.05) is 11.6 Å². The standard InChI is InChI=1S/C7H11ClN4/c1-4-3-5(12(2)10)6(9)7(8)11-4/h3H,9-10H2,1-2H3. The van der Waals surface area contributed by atoms with E-state index in [4.69, 9.17) is 23.2 Å². The molecule has 0 bridgehead atoms. The lowest BCUT2D eigenvalue weighted by atomic mass is 10.3. The van der Waals surface area contributed by atoms with Gasteiger partial charge in [-0.25, -0.2) is 10.8 Å². The van der Waals surface area contributed by atoms with E-state index in [0.717, 1.165) is 5.69 Å². The molecule has 1 heterocycles. The molecule has 5 heteroatoms. The molecule has 0 spiro atoms. The SMILES string of the molecule is Cc1cc(N(C)N)c(N)c(Cl)n1. The first kappa shape index (κ1) is 9.09. The maximum Gasteiger partial charge on any atom is 0.154 e. The number of aromatic nitrogens is 1. The normalized spacial score (nSPS) is 10.0. The van der Waals surface area contributed by atoms with Crippen LogP contribution in [0.5, 0.6) is 0 Å². The van der Waals surface area contributed by atoms with E-state index in [1.165, 1.54) is 5.01 Å². The summed E-state index contributed by atoms with van der Waals surface area (Å²) in [6, 6.07) is 1.78. The molecule has 0 saturated heterocycles. The monoisotopic (exact) mass is 186 g/mol. The quantitative estimate of drug-likeness (QED) is 0.389. The molecule has 0 unspecified atom stereocenters. The van der Waals surface area contributed by atoms with Crippen molar-refractivity contribution < 1.29 is 0 Å². The molecular weight excluding hydrogens is 176 g/mol. The van der Waals surface area contributed by atoms with E-state index in [-0.39, 0.29) is 0 Å². The minimum atomic E-state index is 0.294. The van der Waals surface area contributed by atoms with Crippen LogP contribution in [0.25, 0.3) is 0 Å². The number of hydrogen-bond acceptors (Lipinski definition) is 4. The van der Waals surface area contributed by atoms with E-state index in [1.54, 1.807) is 13.1 Å². The molecule has 0 atom stereocenters. The first-order chi connectivity index (χ1) is 5.52. The van der Waals surface area contributed by atoms with Gasteiger partial charge in [0.2, 0.25) is 0 Å². The molecule has 12 heavy (non-hydrogen) atoms. The second-order valence-electron chi connectivity index (χ2n) is 2.60. The summed E-state index contributed by atoms with van der Waals surface area (Å²) in [5, 5.41) is 1.71. The van der Waals surface area contributed by atoms with Gasteiger partial charge in [0, 0.05) is 12.7 Å². The predicted molar refractivity (Wildman–Crippen MR) is 51.0 cm³/mol. The highest BCUT2D eigenvalue weighted by Gasteiger charge is 2.07. The lowest BCUT2D eigenvalue weighted by Gasteiger charge is -2.15. The Morgan fingerprint density at radius 1 is 1.58 bits per heavy atom. The highest BCUT2D eigenvalue weighted by Crippen LogP contribution is 2.27. The number of aryl methyl sites for hydroxylation is 1. The Balaban J connectivity index is 3.28. The molecule has 0 radical (unpaired) electrons. The summed E-state index contributed by atoms with van der Waals surface area (Å²) in [5.41, 5.74) is 7.53. The zero-order chi connectivity index (χ0) is 9.30. The van der Waals surface area contributed by atoms with Crippen LogP contribution < -0.4 is 16.6 Å². The number of hydrazine groups is 1. The number of rotatable bonds is 1. The Labute approximate surface area is 76.1 Å². The third kappa shape index (κ3) is 1.60. The van der Waals surface area contributed by atoms with Gasteiger partial charge >= 0.3 is 0 Å². The van der Waals surface area contributed by atoms with Crippen molar-refractivity contribution >= 4 is 23.0 Å². The van der Waals surface area contributed by atoms with E-state index in [1.807, 2.05) is 6.92 Å². The predicted octanol–water partition coefficient (Wildman–Crippen LogP) is 0.936. The van der Waals surface area contributed by atoms with Gasteiger partial charge in [0.05, 0.1) is 11.4 Å². The number of nitrogens with two attached hydrogens (primary N) is 2. The molecule has 1 aromatic rings. The molecule has 1 rings (SSSR count). The van der Waals surface area contributed by atoms with Gasteiger partial charge in [-0.05, 0) is 13.0 Å². The van der Waals surface area contributed by atoms with Crippen molar-refractivity contribution in [2.45, 2.75) is 6.92 Å². The van der Waals surface area contributed by atoms with Crippen molar-refractivity contribution in [3.63, 3.8) is 0 Å². The van der Waals surface area contributed by atoms with Crippen LogP contribution in [0.1, 0.15) is 5.69 Å². The number of halogens is 1. The average Bonchev–Trinajstić information content (AvgIpc) is 1.96. The van der Waals surface area contributed by atoms with Crippen LogP contribution in [-0.4, -0.2) is 12.0 Å². The number of nitrogens with zero attached hydrogens (tertiary/aromatic N) is 2. The highest BCUT2D eigenvalue weighted by molar-refractivity contribution is 6.32. The second kappa shape index (κ2) is 3.16. The van der Waals surface area contributed by atoms with Crippen LogP contribution in [0.3, 0.4) is 0 Å². The fourth-order valence-electron chi connectivity index (χ4n) is 0.920. The smallest absolute Gasteiger partial charge is 0.154 e. The summed E-state index contributed by atoms with van der Waals surface area (Å²) in [6.45, 7) is 1.83. The summed E-state index contributed by atoms with van der Waals surface area (Å²) in [5.74, 6) is 5.52. The van der Waals surface area contributed by atoms with Crippen molar-refractivity contribution in [1.29, 1.82) is 0 Å². The molecule has 0 aliphatic carbocycles. The molecule has 4 N–H and O–H groups in total. The Morgan fingerprint density at radius 3 is 2.67 bits per heavy atom. The van der Waals surface area contributed by atoms with E-state index in [0.29, 0.717) is 16.5 Å². The fraction of sp³-hybridized carbons (Fsp3) is 0.286. The van der Waals surface area contributed by atoms with Crippen LogP contribution in [-0.2, 0) is 0 Å². The minimum absolute atomic E-state index is 0.294. The first-order valence-corrected chi connectivity index (χ1v) is 3.81. The molecule has 0 saturated carbocycles. The van der Waals surface area contributed by atoms with Crippen LogP contribution in [0.15, 0.2) is 6.07 Å². The molecule has 0 aliphatic rings. The molecule has 1 aromatic heterocycles. The first-order valence-electron chi connectivity index (χ1n) is 3.43. The Hall–Kier alpha value is -1.00. The second-order valence-corrected chi connectivity index (χ2v) is 2.96. The van der Waals surface area contributed by atoms with Gasteiger partial charge in [0.15, 0.2) is 5.15 Å². The zero-order valence-corrected chi connectivity index (χ0v) is 7.76. The zero-order valence-electron chi connectivity index (χ0n) is 7.00. The van der Waals surface area contributed by atoms with Crippen LogP contribution >= 0.6 is 11.6 Å². The van der Waals surface area contributed by atoms with E-state index in [9.17, 15) is 0 Å². The minimum Gasteiger partial charge on any atom is -0.395 e. The van der Waals surface area contributed by atoms with Gasteiger partial charge < -0.3 is 10.7 Å². The van der Waals surface area contributed by atoms with Crippen molar-refractivity contribution in [1.82, 2.24) is 4.98 Å². The van der Waals surface area contributed by atoms with Crippen molar-refractivity contribution in [2.24, 2.45) is 5.84 Å². The lowest BCUT2D eigenvalue weighted by Crippen LogP contribution is -2.26. The molecule has 66 valence electrons. The molecular formula is C7H11ClN4. The van der Waals surface area contributed by atoms with E-state index >= 15 is 0 Å². The molecule has 0 aromatic carbocycles. The summed E-state index contributed by atoms with van der Waals surface area (Å²) in [6.07, 6.45) is 0. The van der Waals surface area contributed by atoms with Crippen molar-refractivity contribution in [3.8, 4) is 0 Å². The third-order valence-electron chi connectivity index (χ3n) is 1.50. The van der Waals surface area contributed by atoms with E-state index in [2.05, 4.69) is 4.98 Å². The van der Waals surface area contributed by atoms with Crippen LogP contribution in [0.2, 0.25) is 5.15 Å². The van der Waals surface area contributed by atoms with Crippen LogP contribution in [0, 0.1) is 6.92 Å². The maximum atomic E-state index is 5.74. The van der Waals surface area contributed by atoms with Gasteiger partial charge in [0.1, 0.15) is 0 Å². The van der Waals surface area contributed by atoms with Crippen LogP contribution in [0.4, 0.5) is 11.4 Å². The lowest BCUT2D eigenvalue weighted by molar-refractivity contribution is 1.01. The number of anilines is 2. The summed E-state index contributed by atoms with van der Waals surface area (Å²) in [7, 11) is 1.70. The fourth-order valence-corrected chi connectivity index (χ4v) is 1.15. The van der Waals surface area contributed by atoms with Gasteiger partial charge in [0.25, 0.3) is 0 Å². The van der Waals surface area contributed by atoms with Gasteiger partial charge in [-0.15, -0.1) is 0 Å². The molecule has 0 fully saturated rings. The summed E-state index contributed by atoms with van der Waals surface area (Å²) < 4.78 is 0. The molecule has 4 nitrogen and oxygen atoms in total. The maximum absolute atomic E-state index is 5.74. The Bertz CT molecular complexity index is 298. The Kier molecular flexibility index (Phi) is 2.40. The molecule has 0 amide bonds. The topological polar surface area (TPSA) is 68.2 Å². The summed E-state index contributed by atoms with van der Waals surface area (Å²) >= 11 is 5.74. The third-order valence-corrected chi connectivity index (χ3v) is 1.79. The van der Waals surface area contributed by atoms with Gasteiger partial charge in [-0.2, -0.15) is 0 Å². The van der Waals surface area contributed by atoms with Crippen molar-refractivity contribution in [2.75, 3.05) is 17.8 Å². The van der Waals surface area contributed by atoms with E-state index < -0.39 is 0 Å². The van der Waals surface area contributed by atoms with Gasteiger partial charge in [-0.3, -0.25) is 0 Å². The van der Waals surface area contributed by atoms with Crippen molar-refractivity contribution in [3.05, 3.63) is 16.9 Å². The number of hydrogen-bond donors (Lipinski definition) is 2. The number of nitrogen functional groups attached to an aromatic ring is 1. The Morgan fingerprint density at radius 2 is 2.17 bits per heavy atom. The molecule has 0 aliphatic heterocycles. The highest BCUT2D eigenvalue weighted by atomic mass is 35.5. The number of pyridine rings is 1. The summed E-state index contributed by atoms with van der Waals surface area (Å²) in [4.78, 5) is 3.97. The average molecular weight is 187 g/mol.